The summed E-state index contributed by atoms with van der Waals surface area (Å²) >= 11 is 0. The Labute approximate surface area is 199 Å². The van der Waals surface area contributed by atoms with E-state index in [0.29, 0.717) is 25.8 Å². The van der Waals surface area contributed by atoms with Crippen LogP contribution in [0.5, 0.6) is 0 Å². The highest BCUT2D eigenvalue weighted by Gasteiger charge is 2.44. The number of carboxylic acids is 1. The summed E-state index contributed by atoms with van der Waals surface area (Å²) in [5.74, 6) is -1.05. The normalized spacial score (nSPS) is 21.3. The van der Waals surface area contributed by atoms with Crippen LogP contribution < -0.4 is 10.6 Å². The Hall–Kier alpha value is -3.35. The Morgan fingerprint density at radius 3 is 2.32 bits per heavy atom. The predicted octanol–water partition coefficient (Wildman–Crippen LogP) is 4.46. The molecule has 2 aliphatic rings. The minimum atomic E-state index is -0.882. The van der Waals surface area contributed by atoms with Crippen molar-refractivity contribution in [3.05, 3.63) is 59.7 Å². The van der Waals surface area contributed by atoms with Crippen molar-refractivity contribution in [3.63, 3.8) is 0 Å². The number of benzene rings is 2. The molecule has 0 heterocycles. The molecular weight excluding hydrogens is 432 g/mol. The molecule has 1 saturated carbocycles. The summed E-state index contributed by atoms with van der Waals surface area (Å²) in [6, 6.07) is 16.0. The van der Waals surface area contributed by atoms with E-state index < -0.39 is 17.5 Å². The summed E-state index contributed by atoms with van der Waals surface area (Å²) in [6.45, 7) is 2.40. The fourth-order valence-electron chi connectivity index (χ4n) is 5.26. The lowest BCUT2D eigenvalue weighted by Gasteiger charge is -2.40. The Kier molecular flexibility index (Phi) is 7.20. The average molecular weight is 465 g/mol. The molecule has 2 aromatic carbocycles. The van der Waals surface area contributed by atoms with Crippen molar-refractivity contribution in [3.8, 4) is 11.1 Å². The lowest BCUT2D eigenvalue weighted by Crippen LogP contribution is -2.55. The van der Waals surface area contributed by atoms with Crippen LogP contribution in [0.2, 0.25) is 0 Å². The molecule has 0 aliphatic heterocycles. The van der Waals surface area contributed by atoms with Crippen LogP contribution in [-0.2, 0) is 14.3 Å². The summed E-state index contributed by atoms with van der Waals surface area (Å²) in [5, 5.41) is 14.6. The molecule has 2 atom stereocenters. The van der Waals surface area contributed by atoms with Gasteiger partial charge in [0.25, 0.3) is 0 Å². The fourth-order valence-corrected chi connectivity index (χ4v) is 5.26. The molecule has 0 bridgehead atoms. The van der Waals surface area contributed by atoms with E-state index in [4.69, 9.17) is 9.84 Å². The zero-order valence-corrected chi connectivity index (χ0v) is 19.5. The third-order valence-electron chi connectivity index (χ3n) is 7.22. The van der Waals surface area contributed by atoms with Gasteiger partial charge in [0.1, 0.15) is 6.61 Å². The zero-order chi connectivity index (χ0) is 24.1. The average Bonchev–Trinajstić information content (AvgIpc) is 3.15. The molecule has 2 aliphatic carbocycles. The fraction of sp³-hybridized carbons (Fsp3) is 0.444. The number of carbonyl (C=O) groups is 3. The zero-order valence-electron chi connectivity index (χ0n) is 19.5. The summed E-state index contributed by atoms with van der Waals surface area (Å²) in [6.07, 6.45) is 3.06. The van der Waals surface area contributed by atoms with Crippen molar-refractivity contribution >= 4 is 18.0 Å². The van der Waals surface area contributed by atoms with Gasteiger partial charge in [-0.05, 0) is 48.4 Å². The maximum atomic E-state index is 12.9. The van der Waals surface area contributed by atoms with E-state index in [1.807, 2.05) is 31.2 Å². The maximum absolute atomic E-state index is 12.9. The lowest BCUT2D eigenvalue weighted by atomic mass is 9.71. The highest BCUT2D eigenvalue weighted by molar-refractivity contribution is 5.84. The number of hydrogen-bond donors (Lipinski definition) is 3. The van der Waals surface area contributed by atoms with Gasteiger partial charge in [-0.1, -0.05) is 61.4 Å². The van der Waals surface area contributed by atoms with Crippen LogP contribution >= 0.6 is 0 Å². The van der Waals surface area contributed by atoms with Gasteiger partial charge < -0.3 is 20.5 Å². The van der Waals surface area contributed by atoms with E-state index in [1.165, 1.54) is 11.1 Å². The van der Waals surface area contributed by atoms with Crippen LogP contribution in [0, 0.1) is 5.41 Å². The second-order valence-corrected chi connectivity index (χ2v) is 9.44. The molecule has 0 spiro atoms. The molecule has 2 unspecified atom stereocenters. The third kappa shape index (κ3) is 4.93. The number of fused-ring (bicyclic) bond motifs is 3. The Bertz CT molecular complexity index is 1020. The smallest absolute Gasteiger partial charge is 0.407 e. The van der Waals surface area contributed by atoms with Crippen LogP contribution in [-0.4, -0.2) is 42.3 Å². The molecule has 7 nitrogen and oxygen atoms in total. The number of carbonyl (C=O) groups excluding carboxylic acids is 2. The standard InChI is InChI=1S/C27H32N2O5/c1-27(25(32)28-16-8-14-24(30)31)15-7-6-13-23(27)29-26(33)34-17-22-20-11-4-2-9-18(20)19-10-3-5-12-21(19)22/h2-5,9-12,22-23H,6-8,13-17H2,1H3,(H,28,32)(H,29,33)(H,30,31). The molecule has 34 heavy (non-hydrogen) atoms. The van der Waals surface area contributed by atoms with E-state index in [1.54, 1.807) is 0 Å². The van der Waals surface area contributed by atoms with Crippen LogP contribution in [0.25, 0.3) is 11.1 Å². The largest absolute Gasteiger partial charge is 0.481 e. The molecule has 180 valence electrons. The first kappa shape index (κ1) is 23.8. The SMILES string of the molecule is CC1(C(=O)NCCCC(=O)O)CCCCC1NC(=O)OCC1c2ccccc2-c2ccccc21. The lowest BCUT2D eigenvalue weighted by molar-refractivity contribution is -0.138. The van der Waals surface area contributed by atoms with Gasteiger partial charge >= 0.3 is 12.1 Å². The minimum absolute atomic E-state index is 0.0123. The van der Waals surface area contributed by atoms with E-state index in [9.17, 15) is 14.4 Å². The number of ether oxygens (including phenoxy) is 1. The second kappa shape index (κ2) is 10.3. The Morgan fingerprint density at radius 1 is 1.03 bits per heavy atom. The quantitative estimate of drug-likeness (QED) is 0.501. The van der Waals surface area contributed by atoms with Crippen molar-refractivity contribution < 1.29 is 24.2 Å². The van der Waals surface area contributed by atoms with Crippen molar-refractivity contribution in [2.75, 3.05) is 13.2 Å². The minimum Gasteiger partial charge on any atom is -0.481 e. The summed E-state index contributed by atoms with van der Waals surface area (Å²) in [5.41, 5.74) is 3.89. The highest BCUT2D eigenvalue weighted by atomic mass is 16.5. The van der Waals surface area contributed by atoms with Gasteiger partial charge in [-0.2, -0.15) is 0 Å². The number of carboxylic acid groups (broad SMARTS) is 1. The molecule has 0 saturated heterocycles. The first-order valence-electron chi connectivity index (χ1n) is 12.0. The molecule has 2 aromatic rings. The predicted molar refractivity (Wildman–Crippen MR) is 128 cm³/mol. The topological polar surface area (TPSA) is 105 Å². The first-order chi connectivity index (χ1) is 16.4. The highest BCUT2D eigenvalue weighted by Crippen LogP contribution is 2.44. The molecule has 3 N–H and O–H groups in total. The molecule has 0 aromatic heterocycles. The first-order valence-corrected chi connectivity index (χ1v) is 12.0. The van der Waals surface area contributed by atoms with Gasteiger partial charge in [-0.25, -0.2) is 4.79 Å². The number of alkyl carbamates (subject to hydrolysis) is 1. The number of nitrogens with one attached hydrogen (secondary N) is 2. The van der Waals surface area contributed by atoms with E-state index >= 15 is 0 Å². The van der Waals surface area contributed by atoms with Gasteiger partial charge in [-0.15, -0.1) is 0 Å². The van der Waals surface area contributed by atoms with E-state index in [2.05, 4.69) is 34.9 Å². The maximum Gasteiger partial charge on any atom is 0.407 e. The monoisotopic (exact) mass is 464 g/mol. The summed E-state index contributed by atoms with van der Waals surface area (Å²) in [4.78, 5) is 36.5. The second-order valence-electron chi connectivity index (χ2n) is 9.44. The van der Waals surface area contributed by atoms with Crippen LogP contribution in [0.15, 0.2) is 48.5 Å². The van der Waals surface area contributed by atoms with Gasteiger partial charge in [-0.3, -0.25) is 9.59 Å². The van der Waals surface area contributed by atoms with Gasteiger partial charge in [0, 0.05) is 24.9 Å². The number of hydrogen-bond acceptors (Lipinski definition) is 4. The van der Waals surface area contributed by atoms with Gasteiger partial charge in [0.15, 0.2) is 0 Å². The Balaban J connectivity index is 1.37. The molecule has 2 amide bonds. The number of amides is 2. The molecule has 0 radical (unpaired) electrons. The van der Waals surface area contributed by atoms with Crippen LogP contribution in [0.4, 0.5) is 4.79 Å². The molecular formula is C27H32N2O5. The van der Waals surface area contributed by atoms with Crippen molar-refractivity contribution in [1.29, 1.82) is 0 Å². The molecule has 1 fully saturated rings. The number of aliphatic carboxylic acids is 1. The van der Waals surface area contributed by atoms with Crippen molar-refractivity contribution in [2.24, 2.45) is 5.41 Å². The molecule has 4 rings (SSSR count). The van der Waals surface area contributed by atoms with Crippen LogP contribution in [0.3, 0.4) is 0 Å². The summed E-state index contributed by atoms with van der Waals surface area (Å²) in [7, 11) is 0. The van der Waals surface area contributed by atoms with Crippen molar-refractivity contribution in [1.82, 2.24) is 10.6 Å². The van der Waals surface area contributed by atoms with E-state index in [-0.39, 0.29) is 30.9 Å². The van der Waals surface area contributed by atoms with Gasteiger partial charge in [0.05, 0.1) is 5.41 Å². The number of rotatable bonds is 8. The van der Waals surface area contributed by atoms with E-state index in [0.717, 1.165) is 24.0 Å². The van der Waals surface area contributed by atoms with Gasteiger partial charge in [0.2, 0.25) is 5.91 Å². The van der Waals surface area contributed by atoms with Crippen LogP contribution in [0.1, 0.15) is 62.5 Å². The summed E-state index contributed by atoms with van der Waals surface area (Å²) < 4.78 is 5.69. The Morgan fingerprint density at radius 2 is 1.68 bits per heavy atom. The molecule has 7 heteroatoms. The third-order valence-corrected chi connectivity index (χ3v) is 7.22. The van der Waals surface area contributed by atoms with Crippen molar-refractivity contribution in [2.45, 2.75) is 57.4 Å².